The van der Waals surface area contributed by atoms with Gasteiger partial charge in [0.2, 0.25) is 0 Å². The van der Waals surface area contributed by atoms with Gasteiger partial charge in [-0.2, -0.15) is 0 Å². The lowest BCUT2D eigenvalue weighted by molar-refractivity contribution is -0.127. The molecule has 0 saturated heterocycles. The number of rotatable bonds is 5. The fourth-order valence-electron chi connectivity index (χ4n) is 2.02. The average Bonchev–Trinajstić information content (AvgIpc) is 2.10. The molecule has 0 amide bonds. The zero-order valence-corrected chi connectivity index (χ0v) is 10.6. The molecule has 2 nitrogen and oxygen atoms in total. The number of hydrogen-bond donors (Lipinski definition) is 0. The molecule has 0 N–H and O–H groups in total. The molecule has 0 aliphatic heterocycles. The van der Waals surface area contributed by atoms with Gasteiger partial charge in [-0.15, -0.1) is 0 Å². The highest BCUT2D eigenvalue weighted by atomic mass is 16.1. The Hall–Kier alpha value is -0.370. The zero-order valence-electron chi connectivity index (χ0n) is 10.6. The third-order valence-corrected chi connectivity index (χ3v) is 2.65. The molecule has 14 heavy (non-hydrogen) atoms. The summed E-state index contributed by atoms with van der Waals surface area (Å²) in [5.74, 6) is 0.362. The van der Waals surface area contributed by atoms with Crippen LogP contribution in [0.4, 0.5) is 0 Å². The first kappa shape index (κ1) is 13.6. The number of ketones is 1. The van der Waals surface area contributed by atoms with E-state index in [0.717, 1.165) is 13.1 Å². The summed E-state index contributed by atoms with van der Waals surface area (Å²) in [7, 11) is 0. The standard InChI is InChI=1S/C12H25NO/c1-7-10(14)11(12(4,5)6)13(8-2)9-3/h11H,7-9H2,1-6H3. The van der Waals surface area contributed by atoms with Crippen LogP contribution < -0.4 is 0 Å². The highest BCUT2D eigenvalue weighted by Gasteiger charge is 2.33. The fourth-order valence-corrected chi connectivity index (χ4v) is 2.02. The normalized spacial score (nSPS) is 14.5. The predicted molar refractivity (Wildman–Crippen MR) is 61.5 cm³/mol. The molecule has 0 aromatic rings. The van der Waals surface area contributed by atoms with E-state index in [-0.39, 0.29) is 11.5 Å². The van der Waals surface area contributed by atoms with E-state index in [1.165, 1.54) is 0 Å². The summed E-state index contributed by atoms with van der Waals surface area (Å²) in [5, 5.41) is 0. The van der Waals surface area contributed by atoms with E-state index >= 15 is 0 Å². The van der Waals surface area contributed by atoms with Crippen LogP contribution in [0.5, 0.6) is 0 Å². The Bertz CT molecular complexity index is 177. The summed E-state index contributed by atoms with van der Waals surface area (Å²) in [6, 6.07) is 0.0718. The van der Waals surface area contributed by atoms with E-state index in [0.29, 0.717) is 12.2 Å². The van der Waals surface area contributed by atoms with Crippen molar-refractivity contribution in [2.45, 2.75) is 54.0 Å². The fraction of sp³-hybridized carbons (Fsp3) is 0.917. The lowest BCUT2D eigenvalue weighted by Crippen LogP contribution is -2.49. The van der Waals surface area contributed by atoms with Gasteiger partial charge in [0.25, 0.3) is 0 Å². The van der Waals surface area contributed by atoms with Crippen molar-refractivity contribution in [2.24, 2.45) is 5.41 Å². The third kappa shape index (κ3) is 3.41. The Morgan fingerprint density at radius 2 is 1.57 bits per heavy atom. The van der Waals surface area contributed by atoms with Gasteiger partial charge in [0.05, 0.1) is 6.04 Å². The quantitative estimate of drug-likeness (QED) is 0.678. The number of hydrogen-bond acceptors (Lipinski definition) is 2. The van der Waals surface area contributed by atoms with E-state index in [2.05, 4.69) is 39.5 Å². The van der Waals surface area contributed by atoms with Crippen LogP contribution in [0.3, 0.4) is 0 Å². The molecule has 0 aliphatic carbocycles. The smallest absolute Gasteiger partial charge is 0.150 e. The van der Waals surface area contributed by atoms with Gasteiger partial charge in [-0.25, -0.2) is 0 Å². The maximum Gasteiger partial charge on any atom is 0.150 e. The van der Waals surface area contributed by atoms with Crippen LogP contribution in [-0.4, -0.2) is 29.8 Å². The van der Waals surface area contributed by atoms with Crippen molar-refractivity contribution in [2.75, 3.05) is 13.1 Å². The summed E-state index contributed by atoms with van der Waals surface area (Å²) in [6.45, 7) is 14.5. The molecule has 84 valence electrons. The summed E-state index contributed by atoms with van der Waals surface area (Å²) in [4.78, 5) is 14.1. The van der Waals surface area contributed by atoms with Crippen LogP contribution in [0.1, 0.15) is 48.0 Å². The first-order valence-corrected chi connectivity index (χ1v) is 5.65. The molecule has 0 aromatic heterocycles. The topological polar surface area (TPSA) is 20.3 Å². The first-order chi connectivity index (χ1) is 6.38. The summed E-state index contributed by atoms with van der Waals surface area (Å²) in [6.07, 6.45) is 0.637. The molecule has 0 rings (SSSR count). The van der Waals surface area contributed by atoms with Crippen LogP contribution in [0.25, 0.3) is 0 Å². The van der Waals surface area contributed by atoms with Crippen LogP contribution in [0, 0.1) is 5.41 Å². The van der Waals surface area contributed by atoms with E-state index in [1.54, 1.807) is 0 Å². The largest absolute Gasteiger partial charge is 0.298 e. The number of nitrogens with zero attached hydrogens (tertiary/aromatic N) is 1. The van der Waals surface area contributed by atoms with Gasteiger partial charge in [-0.05, 0) is 18.5 Å². The molecule has 2 heteroatoms. The van der Waals surface area contributed by atoms with Crippen molar-refractivity contribution in [1.82, 2.24) is 4.90 Å². The third-order valence-electron chi connectivity index (χ3n) is 2.65. The Kier molecular flexibility index (Phi) is 5.35. The minimum absolute atomic E-state index is 0.0408. The second kappa shape index (κ2) is 5.50. The van der Waals surface area contributed by atoms with Gasteiger partial charge in [0.1, 0.15) is 5.78 Å². The molecule has 0 spiro atoms. The van der Waals surface area contributed by atoms with Gasteiger partial charge in [0.15, 0.2) is 0 Å². The second-order valence-corrected chi connectivity index (χ2v) is 4.81. The van der Waals surface area contributed by atoms with Crippen molar-refractivity contribution in [3.05, 3.63) is 0 Å². The molecule has 0 aromatic carbocycles. The predicted octanol–water partition coefficient (Wildman–Crippen LogP) is 2.72. The molecular weight excluding hydrogens is 174 g/mol. The van der Waals surface area contributed by atoms with Crippen molar-refractivity contribution in [3.8, 4) is 0 Å². The highest BCUT2D eigenvalue weighted by Crippen LogP contribution is 2.25. The Labute approximate surface area is 88.7 Å². The lowest BCUT2D eigenvalue weighted by atomic mass is 9.82. The monoisotopic (exact) mass is 199 g/mol. The van der Waals surface area contributed by atoms with Crippen molar-refractivity contribution in [3.63, 3.8) is 0 Å². The molecule has 0 aliphatic rings. The second-order valence-electron chi connectivity index (χ2n) is 4.81. The van der Waals surface area contributed by atoms with Crippen LogP contribution in [-0.2, 0) is 4.79 Å². The maximum absolute atomic E-state index is 11.9. The maximum atomic E-state index is 11.9. The van der Waals surface area contributed by atoms with E-state index in [1.807, 2.05) is 6.92 Å². The number of carbonyl (C=O) groups is 1. The summed E-state index contributed by atoms with van der Waals surface area (Å²) >= 11 is 0. The van der Waals surface area contributed by atoms with Gasteiger partial charge in [-0.3, -0.25) is 9.69 Å². The van der Waals surface area contributed by atoms with E-state index in [4.69, 9.17) is 0 Å². The van der Waals surface area contributed by atoms with Crippen LogP contribution in [0.15, 0.2) is 0 Å². The highest BCUT2D eigenvalue weighted by molar-refractivity contribution is 5.84. The molecule has 1 unspecified atom stereocenters. The number of Topliss-reactive ketones (excluding diaryl/α,β-unsaturated/α-hetero) is 1. The SMILES string of the molecule is CCC(=O)C(N(CC)CC)C(C)(C)C. The Morgan fingerprint density at radius 1 is 1.14 bits per heavy atom. The van der Waals surface area contributed by atoms with Gasteiger partial charge in [-0.1, -0.05) is 41.5 Å². The number of likely N-dealkylation sites (N-methyl/N-ethyl adjacent to an activating group) is 1. The summed E-state index contributed by atoms with van der Waals surface area (Å²) < 4.78 is 0. The molecule has 0 heterocycles. The molecule has 0 saturated carbocycles. The van der Waals surface area contributed by atoms with E-state index in [9.17, 15) is 4.79 Å². The molecule has 0 fully saturated rings. The number of carbonyl (C=O) groups excluding carboxylic acids is 1. The van der Waals surface area contributed by atoms with Crippen LogP contribution in [0.2, 0.25) is 0 Å². The lowest BCUT2D eigenvalue weighted by Gasteiger charge is -2.38. The van der Waals surface area contributed by atoms with E-state index < -0.39 is 0 Å². The summed E-state index contributed by atoms with van der Waals surface area (Å²) in [5.41, 5.74) is 0.0408. The Balaban J connectivity index is 4.80. The van der Waals surface area contributed by atoms with Gasteiger partial charge >= 0.3 is 0 Å². The molecule has 1 atom stereocenters. The molecule has 0 bridgehead atoms. The minimum Gasteiger partial charge on any atom is -0.298 e. The van der Waals surface area contributed by atoms with Crippen molar-refractivity contribution >= 4 is 5.78 Å². The Morgan fingerprint density at radius 3 is 1.79 bits per heavy atom. The van der Waals surface area contributed by atoms with Crippen molar-refractivity contribution < 1.29 is 4.79 Å². The first-order valence-electron chi connectivity index (χ1n) is 5.65. The molecule has 0 radical (unpaired) electrons. The average molecular weight is 199 g/mol. The van der Waals surface area contributed by atoms with Gasteiger partial charge < -0.3 is 0 Å². The van der Waals surface area contributed by atoms with Crippen molar-refractivity contribution in [1.29, 1.82) is 0 Å². The zero-order chi connectivity index (χ0) is 11.4. The molecular formula is C12H25NO. The van der Waals surface area contributed by atoms with Gasteiger partial charge in [0, 0.05) is 6.42 Å². The minimum atomic E-state index is 0.0408. The van der Waals surface area contributed by atoms with Crippen LogP contribution >= 0.6 is 0 Å².